The number of hydrogen-bond donors (Lipinski definition) is 3. The molecule has 1 heterocycles. The minimum atomic E-state index is -0.563. The average molecular weight is 432 g/mol. The number of phenolic OH excluding ortho intramolecular Hbond substituents is 1. The van der Waals surface area contributed by atoms with Crippen molar-refractivity contribution in [3.05, 3.63) is 90.2 Å². The molecule has 8 nitrogen and oxygen atoms in total. The number of hydroxylamine groups is 1. The first kappa shape index (κ1) is 21.0. The molecule has 0 saturated heterocycles. The summed E-state index contributed by atoms with van der Waals surface area (Å²) in [6.45, 7) is 0.418. The van der Waals surface area contributed by atoms with Crippen molar-refractivity contribution in [2.24, 2.45) is 0 Å². The monoisotopic (exact) mass is 432 g/mol. The predicted molar refractivity (Wildman–Crippen MR) is 117 cm³/mol. The normalized spacial score (nSPS) is 10.7. The third-order valence-electron chi connectivity index (χ3n) is 4.71. The molecule has 3 N–H and O–H groups in total. The predicted octanol–water partition coefficient (Wildman–Crippen LogP) is 3.98. The second kappa shape index (κ2) is 9.23. The van der Waals surface area contributed by atoms with Gasteiger partial charge < -0.3 is 19.6 Å². The Hall–Kier alpha value is -4.30. The first-order chi connectivity index (χ1) is 15.5. The molecule has 0 bridgehead atoms. The number of nitrogens with zero attached hydrogens (tertiary/aromatic N) is 1. The van der Waals surface area contributed by atoms with E-state index >= 15 is 0 Å². The van der Waals surface area contributed by atoms with Crippen molar-refractivity contribution in [1.29, 1.82) is 0 Å². The van der Waals surface area contributed by atoms with Crippen molar-refractivity contribution in [2.75, 3.05) is 18.2 Å². The van der Waals surface area contributed by atoms with Gasteiger partial charge in [0.05, 0.1) is 17.6 Å². The van der Waals surface area contributed by atoms with Crippen LogP contribution < -0.4 is 15.1 Å². The zero-order valence-corrected chi connectivity index (χ0v) is 16.9. The number of nitrogens with one attached hydrogen (secondary N) is 1. The van der Waals surface area contributed by atoms with Crippen molar-refractivity contribution >= 4 is 28.5 Å². The number of furan rings is 1. The molecular weight excluding hydrogens is 412 g/mol. The number of carbonyl (C=O) groups is 2. The van der Waals surface area contributed by atoms with Gasteiger partial charge in [-0.3, -0.25) is 14.8 Å². The minimum absolute atomic E-state index is 0.0450. The van der Waals surface area contributed by atoms with Gasteiger partial charge in [0.2, 0.25) is 0 Å². The maximum Gasteiger partial charge on any atom is 0.287 e. The molecule has 0 aliphatic rings. The molecular formula is C24H20N2O6. The lowest BCUT2D eigenvalue weighted by Gasteiger charge is -2.15. The average Bonchev–Trinajstić information content (AvgIpc) is 3.28. The number of fused-ring (bicyclic) bond motifs is 1. The summed E-state index contributed by atoms with van der Waals surface area (Å²) in [5.74, 6) is -0.338. The molecule has 0 fully saturated rings. The third-order valence-corrected chi connectivity index (χ3v) is 4.71. The number of ether oxygens (including phenoxy) is 1. The number of aromatic hydroxyl groups is 1. The Labute approximate surface area is 183 Å². The number of hydrogen-bond acceptors (Lipinski definition) is 6. The fraction of sp³-hybridized carbons (Fsp3) is 0.0833. The first-order valence-electron chi connectivity index (χ1n) is 9.84. The van der Waals surface area contributed by atoms with Crippen LogP contribution in [0.2, 0.25) is 0 Å². The molecule has 3 aromatic carbocycles. The SMILES string of the molecule is O=C(NCCOc1ccc(C(=O)N(O)c2ccccc2)cc1)c1cc2c(O)cccc2o1. The topological polar surface area (TPSA) is 112 Å². The Balaban J connectivity index is 1.27. The maximum atomic E-state index is 12.4. The van der Waals surface area contributed by atoms with E-state index in [1.165, 1.54) is 12.1 Å². The van der Waals surface area contributed by atoms with Crippen LogP contribution in [0.25, 0.3) is 11.0 Å². The van der Waals surface area contributed by atoms with E-state index in [0.717, 1.165) is 0 Å². The molecule has 8 heteroatoms. The summed E-state index contributed by atoms with van der Waals surface area (Å²) in [5, 5.41) is 23.6. The van der Waals surface area contributed by atoms with Gasteiger partial charge in [0, 0.05) is 11.6 Å². The second-order valence-corrected chi connectivity index (χ2v) is 6.88. The fourth-order valence-corrected chi connectivity index (χ4v) is 3.08. The molecule has 0 radical (unpaired) electrons. The lowest BCUT2D eigenvalue weighted by molar-refractivity contribution is 0.0854. The van der Waals surface area contributed by atoms with Crippen LogP contribution in [-0.2, 0) is 0 Å². The van der Waals surface area contributed by atoms with Gasteiger partial charge >= 0.3 is 0 Å². The maximum absolute atomic E-state index is 12.4. The van der Waals surface area contributed by atoms with E-state index in [4.69, 9.17) is 9.15 Å². The van der Waals surface area contributed by atoms with E-state index in [9.17, 15) is 19.9 Å². The summed E-state index contributed by atoms with van der Waals surface area (Å²) >= 11 is 0. The molecule has 32 heavy (non-hydrogen) atoms. The molecule has 0 spiro atoms. The Morgan fingerprint density at radius 3 is 2.44 bits per heavy atom. The largest absolute Gasteiger partial charge is 0.507 e. The van der Waals surface area contributed by atoms with Crippen molar-refractivity contribution in [3.8, 4) is 11.5 Å². The first-order valence-corrected chi connectivity index (χ1v) is 9.84. The number of amides is 2. The number of rotatable bonds is 7. The molecule has 2 amide bonds. The van der Waals surface area contributed by atoms with Crippen LogP contribution in [0, 0.1) is 0 Å². The highest BCUT2D eigenvalue weighted by molar-refractivity contribution is 6.04. The number of phenols is 1. The van der Waals surface area contributed by atoms with Gasteiger partial charge in [-0.1, -0.05) is 24.3 Å². The molecule has 4 rings (SSSR count). The molecule has 0 unspecified atom stereocenters. The number of anilines is 1. The zero-order valence-electron chi connectivity index (χ0n) is 16.9. The van der Waals surface area contributed by atoms with Crippen LogP contribution in [0.15, 0.2) is 83.3 Å². The molecule has 0 atom stereocenters. The van der Waals surface area contributed by atoms with Crippen LogP contribution >= 0.6 is 0 Å². The number of carbonyl (C=O) groups excluding carboxylic acids is 2. The minimum Gasteiger partial charge on any atom is -0.507 e. The lowest BCUT2D eigenvalue weighted by Crippen LogP contribution is -2.28. The van der Waals surface area contributed by atoms with E-state index < -0.39 is 11.8 Å². The molecule has 0 aliphatic carbocycles. The summed E-state index contributed by atoms with van der Waals surface area (Å²) in [7, 11) is 0. The van der Waals surface area contributed by atoms with Gasteiger partial charge in [0.25, 0.3) is 11.8 Å². The van der Waals surface area contributed by atoms with Crippen molar-refractivity contribution < 1.29 is 29.1 Å². The Kier molecular flexibility index (Phi) is 6.05. The number of para-hydroxylation sites is 1. The van der Waals surface area contributed by atoms with Crippen molar-refractivity contribution in [3.63, 3.8) is 0 Å². The summed E-state index contributed by atoms with van der Waals surface area (Å²) in [6.07, 6.45) is 0. The highest BCUT2D eigenvalue weighted by Crippen LogP contribution is 2.27. The fourth-order valence-electron chi connectivity index (χ4n) is 3.08. The van der Waals surface area contributed by atoms with Gasteiger partial charge in [-0.25, -0.2) is 0 Å². The Morgan fingerprint density at radius 1 is 0.969 bits per heavy atom. The summed E-state index contributed by atoms with van der Waals surface area (Å²) in [4.78, 5) is 24.6. The Morgan fingerprint density at radius 2 is 1.72 bits per heavy atom. The molecule has 1 aromatic heterocycles. The van der Waals surface area contributed by atoms with Crippen LogP contribution in [0.5, 0.6) is 11.5 Å². The summed E-state index contributed by atoms with van der Waals surface area (Å²) < 4.78 is 11.0. The van der Waals surface area contributed by atoms with Gasteiger partial charge in [0.15, 0.2) is 5.76 Å². The van der Waals surface area contributed by atoms with Crippen molar-refractivity contribution in [1.82, 2.24) is 5.32 Å². The summed E-state index contributed by atoms with van der Waals surface area (Å²) in [5.41, 5.74) is 1.09. The second-order valence-electron chi connectivity index (χ2n) is 6.88. The van der Waals surface area contributed by atoms with E-state index in [0.29, 0.717) is 33.0 Å². The van der Waals surface area contributed by atoms with E-state index in [1.807, 2.05) is 0 Å². The highest BCUT2D eigenvalue weighted by atomic mass is 16.5. The zero-order chi connectivity index (χ0) is 22.5. The smallest absolute Gasteiger partial charge is 0.287 e. The van der Waals surface area contributed by atoms with Crippen molar-refractivity contribution in [2.45, 2.75) is 0 Å². The molecule has 0 saturated carbocycles. The van der Waals surface area contributed by atoms with Crippen LogP contribution in [-0.4, -0.2) is 35.3 Å². The van der Waals surface area contributed by atoms with E-state index in [2.05, 4.69) is 5.32 Å². The van der Waals surface area contributed by atoms with Gasteiger partial charge in [0.1, 0.15) is 23.7 Å². The van der Waals surface area contributed by atoms with Gasteiger partial charge in [-0.05, 0) is 48.5 Å². The van der Waals surface area contributed by atoms with E-state index in [-0.39, 0.29) is 24.7 Å². The lowest BCUT2D eigenvalue weighted by atomic mass is 10.2. The van der Waals surface area contributed by atoms with Crippen LogP contribution in [0.1, 0.15) is 20.9 Å². The van der Waals surface area contributed by atoms with Crippen LogP contribution in [0.3, 0.4) is 0 Å². The standard InChI is InChI=1S/C24H20N2O6/c27-20-7-4-8-21-19(20)15-22(32-21)23(28)25-13-14-31-18-11-9-16(10-12-18)24(29)26(30)17-5-2-1-3-6-17/h1-12,15,27,30H,13-14H2,(H,25,28). The van der Waals surface area contributed by atoms with E-state index in [1.54, 1.807) is 66.7 Å². The van der Waals surface area contributed by atoms with Crippen LogP contribution in [0.4, 0.5) is 5.69 Å². The summed E-state index contributed by atoms with van der Waals surface area (Å²) in [6, 6.07) is 21.1. The molecule has 4 aromatic rings. The highest BCUT2D eigenvalue weighted by Gasteiger charge is 2.16. The molecule has 0 aliphatic heterocycles. The van der Waals surface area contributed by atoms with Gasteiger partial charge in [-0.15, -0.1) is 0 Å². The van der Waals surface area contributed by atoms with Gasteiger partial charge in [-0.2, -0.15) is 5.06 Å². The Bertz CT molecular complexity index is 1230. The molecule has 162 valence electrons. The third kappa shape index (κ3) is 4.55. The quantitative estimate of drug-likeness (QED) is 0.231. The number of benzene rings is 3.